The fourth-order valence-electron chi connectivity index (χ4n) is 2.05. The highest BCUT2D eigenvalue weighted by molar-refractivity contribution is 5.90. The molecule has 0 bridgehead atoms. The first kappa shape index (κ1) is 11.4. The Labute approximate surface area is 108 Å². The van der Waals surface area contributed by atoms with Gasteiger partial charge in [-0.15, -0.1) is 5.10 Å². The minimum Gasteiger partial charge on any atom is -0.476 e. The maximum Gasteiger partial charge on any atom is 0.356 e. The molecule has 19 heavy (non-hydrogen) atoms. The van der Waals surface area contributed by atoms with Crippen LogP contribution >= 0.6 is 0 Å². The van der Waals surface area contributed by atoms with Gasteiger partial charge in [0.2, 0.25) is 0 Å². The van der Waals surface area contributed by atoms with Crippen molar-refractivity contribution >= 4 is 11.6 Å². The Kier molecular flexibility index (Phi) is 2.34. The van der Waals surface area contributed by atoms with Crippen LogP contribution in [0.2, 0.25) is 0 Å². The standard InChI is InChI=1S/C12H11N5O2/c1-7-13-8(2)17(15-7)11-10(12(18)19)16-6-4-3-5-9(16)14-11/h3-6H,1-2H3,(H,18,19). The Morgan fingerprint density at radius 2 is 2.05 bits per heavy atom. The minimum absolute atomic E-state index is 0.0728. The van der Waals surface area contributed by atoms with Crippen molar-refractivity contribution in [3.63, 3.8) is 0 Å². The summed E-state index contributed by atoms with van der Waals surface area (Å²) in [5.74, 6) is 0.396. The molecule has 1 N–H and O–H groups in total. The van der Waals surface area contributed by atoms with E-state index in [1.165, 1.54) is 9.08 Å². The number of carbonyl (C=O) groups is 1. The van der Waals surface area contributed by atoms with Crippen molar-refractivity contribution in [1.82, 2.24) is 24.1 Å². The van der Waals surface area contributed by atoms with Crippen LogP contribution in [0.5, 0.6) is 0 Å². The van der Waals surface area contributed by atoms with E-state index < -0.39 is 5.97 Å². The van der Waals surface area contributed by atoms with Crippen LogP contribution < -0.4 is 0 Å². The summed E-state index contributed by atoms with van der Waals surface area (Å²) >= 11 is 0. The van der Waals surface area contributed by atoms with E-state index in [2.05, 4.69) is 15.1 Å². The summed E-state index contributed by atoms with van der Waals surface area (Å²) in [6, 6.07) is 5.30. The van der Waals surface area contributed by atoms with Crippen LogP contribution in [0.4, 0.5) is 0 Å². The SMILES string of the molecule is Cc1nc(C)n(-c2nc3ccccn3c2C(=O)O)n1. The third kappa shape index (κ3) is 1.67. The first-order chi connectivity index (χ1) is 9.08. The molecule has 3 aromatic rings. The number of carboxylic acids is 1. The number of nitrogens with zero attached hydrogens (tertiary/aromatic N) is 5. The Balaban J connectivity index is 2.37. The number of carboxylic acid groups (broad SMARTS) is 1. The van der Waals surface area contributed by atoms with Gasteiger partial charge in [0.25, 0.3) is 0 Å². The van der Waals surface area contributed by atoms with Crippen LogP contribution in [0, 0.1) is 13.8 Å². The molecule has 7 nitrogen and oxygen atoms in total. The molecule has 3 heterocycles. The summed E-state index contributed by atoms with van der Waals surface area (Å²) in [7, 11) is 0. The van der Waals surface area contributed by atoms with E-state index in [9.17, 15) is 9.90 Å². The van der Waals surface area contributed by atoms with Crippen molar-refractivity contribution in [1.29, 1.82) is 0 Å². The molecule has 7 heteroatoms. The number of hydrogen-bond donors (Lipinski definition) is 1. The predicted octanol–water partition coefficient (Wildman–Crippen LogP) is 1.23. The van der Waals surface area contributed by atoms with Crippen LogP contribution in [0.15, 0.2) is 24.4 Å². The molecule has 0 saturated heterocycles. The van der Waals surface area contributed by atoms with Gasteiger partial charge in [-0.05, 0) is 26.0 Å². The lowest BCUT2D eigenvalue weighted by Crippen LogP contribution is -2.09. The minimum atomic E-state index is -1.05. The fourth-order valence-corrected chi connectivity index (χ4v) is 2.05. The first-order valence-corrected chi connectivity index (χ1v) is 5.69. The van der Waals surface area contributed by atoms with Crippen LogP contribution in [-0.4, -0.2) is 35.2 Å². The van der Waals surface area contributed by atoms with Crippen molar-refractivity contribution in [3.8, 4) is 5.82 Å². The number of pyridine rings is 1. The number of aromatic carboxylic acids is 1. The lowest BCUT2D eigenvalue weighted by molar-refractivity contribution is 0.0689. The molecule has 0 atom stereocenters. The molecule has 0 unspecified atom stereocenters. The molecule has 0 fully saturated rings. The molecule has 3 aromatic heterocycles. The van der Waals surface area contributed by atoms with Gasteiger partial charge >= 0.3 is 5.97 Å². The predicted molar refractivity (Wildman–Crippen MR) is 66.5 cm³/mol. The zero-order valence-corrected chi connectivity index (χ0v) is 10.4. The van der Waals surface area contributed by atoms with E-state index in [0.717, 1.165) is 0 Å². The van der Waals surface area contributed by atoms with E-state index >= 15 is 0 Å². The van der Waals surface area contributed by atoms with Gasteiger partial charge in [0, 0.05) is 6.20 Å². The van der Waals surface area contributed by atoms with Gasteiger partial charge < -0.3 is 5.11 Å². The molecule has 0 saturated carbocycles. The molecule has 0 aliphatic rings. The lowest BCUT2D eigenvalue weighted by atomic mass is 10.4. The number of rotatable bonds is 2. The van der Waals surface area contributed by atoms with Crippen molar-refractivity contribution in [2.75, 3.05) is 0 Å². The summed E-state index contributed by atoms with van der Waals surface area (Å²) in [4.78, 5) is 20.0. The van der Waals surface area contributed by atoms with Gasteiger partial charge in [-0.2, -0.15) is 4.68 Å². The smallest absolute Gasteiger partial charge is 0.356 e. The highest BCUT2D eigenvalue weighted by Gasteiger charge is 2.22. The Morgan fingerprint density at radius 3 is 2.68 bits per heavy atom. The van der Waals surface area contributed by atoms with Crippen LogP contribution in [-0.2, 0) is 0 Å². The Bertz CT molecular complexity index is 787. The van der Waals surface area contributed by atoms with Crippen molar-refractivity contribution in [2.45, 2.75) is 13.8 Å². The number of hydrogen-bond acceptors (Lipinski definition) is 4. The normalized spacial score (nSPS) is 11.1. The van der Waals surface area contributed by atoms with Crippen molar-refractivity contribution in [2.24, 2.45) is 0 Å². The molecule has 0 radical (unpaired) electrons. The average molecular weight is 257 g/mol. The highest BCUT2D eigenvalue weighted by atomic mass is 16.4. The Morgan fingerprint density at radius 1 is 1.26 bits per heavy atom. The van der Waals surface area contributed by atoms with Gasteiger partial charge in [-0.1, -0.05) is 6.07 Å². The zero-order valence-electron chi connectivity index (χ0n) is 10.4. The third-order valence-electron chi connectivity index (χ3n) is 2.79. The quantitative estimate of drug-likeness (QED) is 0.746. The molecule has 0 aliphatic heterocycles. The molecule has 0 amide bonds. The number of fused-ring (bicyclic) bond motifs is 1. The molecule has 96 valence electrons. The van der Waals surface area contributed by atoms with Crippen LogP contribution in [0.3, 0.4) is 0 Å². The maximum absolute atomic E-state index is 11.5. The van der Waals surface area contributed by atoms with Gasteiger partial charge in [0.15, 0.2) is 11.5 Å². The van der Waals surface area contributed by atoms with Gasteiger partial charge in [-0.25, -0.2) is 14.8 Å². The maximum atomic E-state index is 11.5. The van der Waals surface area contributed by atoms with E-state index in [1.54, 1.807) is 38.2 Å². The number of aromatic nitrogens is 5. The van der Waals surface area contributed by atoms with Crippen molar-refractivity contribution in [3.05, 3.63) is 41.7 Å². The summed E-state index contributed by atoms with van der Waals surface area (Å²) in [5.41, 5.74) is 0.631. The average Bonchev–Trinajstić information content (AvgIpc) is 2.88. The molecule has 3 rings (SSSR count). The number of aryl methyl sites for hydroxylation is 2. The fraction of sp³-hybridized carbons (Fsp3) is 0.167. The number of imidazole rings is 1. The van der Waals surface area contributed by atoms with E-state index in [4.69, 9.17) is 0 Å². The van der Waals surface area contributed by atoms with Gasteiger partial charge in [0.1, 0.15) is 17.3 Å². The molecule has 0 aromatic carbocycles. The second-order valence-electron chi connectivity index (χ2n) is 4.14. The second-order valence-corrected chi connectivity index (χ2v) is 4.14. The molecule has 0 aliphatic carbocycles. The monoisotopic (exact) mass is 257 g/mol. The largest absolute Gasteiger partial charge is 0.476 e. The summed E-state index contributed by atoms with van der Waals surface area (Å²) in [5, 5.41) is 13.6. The highest BCUT2D eigenvalue weighted by Crippen LogP contribution is 2.17. The summed E-state index contributed by atoms with van der Waals surface area (Å²) in [6.07, 6.45) is 1.66. The van der Waals surface area contributed by atoms with Crippen LogP contribution in [0.1, 0.15) is 22.1 Å². The molecule has 0 spiro atoms. The topological polar surface area (TPSA) is 85.3 Å². The van der Waals surface area contributed by atoms with Crippen molar-refractivity contribution < 1.29 is 9.90 Å². The second kappa shape index (κ2) is 3.91. The first-order valence-electron chi connectivity index (χ1n) is 5.69. The summed E-state index contributed by atoms with van der Waals surface area (Å²) < 4.78 is 2.97. The van der Waals surface area contributed by atoms with Crippen LogP contribution in [0.25, 0.3) is 11.5 Å². The van der Waals surface area contributed by atoms with E-state index in [-0.39, 0.29) is 11.5 Å². The van der Waals surface area contributed by atoms with Gasteiger partial charge in [0.05, 0.1) is 0 Å². The lowest BCUT2D eigenvalue weighted by Gasteiger charge is -2.00. The zero-order chi connectivity index (χ0) is 13.6. The molecular formula is C12H11N5O2. The van der Waals surface area contributed by atoms with E-state index in [0.29, 0.717) is 17.3 Å². The third-order valence-corrected chi connectivity index (χ3v) is 2.79. The van der Waals surface area contributed by atoms with Gasteiger partial charge in [-0.3, -0.25) is 4.40 Å². The van der Waals surface area contributed by atoms with E-state index in [1.807, 2.05) is 0 Å². The molecular weight excluding hydrogens is 246 g/mol. The summed E-state index contributed by atoms with van der Waals surface area (Å²) in [6.45, 7) is 3.51. The Hall–Kier alpha value is -2.70.